The van der Waals surface area contributed by atoms with Crippen LogP contribution in [0.25, 0.3) is 0 Å². The van der Waals surface area contributed by atoms with Crippen molar-refractivity contribution in [3.63, 3.8) is 0 Å². The van der Waals surface area contributed by atoms with E-state index in [1.807, 2.05) is 0 Å². The van der Waals surface area contributed by atoms with Crippen LogP contribution in [-0.2, 0) is 6.42 Å². The van der Waals surface area contributed by atoms with E-state index in [4.69, 9.17) is 5.73 Å². The molecule has 1 aromatic rings. The van der Waals surface area contributed by atoms with Crippen LogP contribution >= 0.6 is 0 Å². The molecule has 0 fully saturated rings. The average molecular weight is 217 g/mol. The Labute approximate surface area is 84.8 Å². The molecule has 0 unspecified atom stereocenters. The molecule has 0 amide bonds. The maximum absolute atomic E-state index is 11.9. The highest BCUT2D eigenvalue weighted by molar-refractivity contribution is 5.40. The Balaban J connectivity index is 2.26. The zero-order valence-electron chi connectivity index (χ0n) is 7.84. The van der Waals surface area contributed by atoms with Gasteiger partial charge in [-0.1, -0.05) is 6.07 Å². The number of benzene rings is 1. The van der Waals surface area contributed by atoms with E-state index >= 15 is 0 Å². The quantitative estimate of drug-likeness (QED) is 0.784. The summed E-state index contributed by atoms with van der Waals surface area (Å²) in [6.45, 7) is 0. The first kappa shape index (κ1) is 10.3. The van der Waals surface area contributed by atoms with Crippen molar-refractivity contribution in [1.82, 2.24) is 0 Å². The zero-order valence-corrected chi connectivity index (χ0v) is 7.84. The lowest BCUT2D eigenvalue weighted by Gasteiger charge is -2.11. The second-order valence-corrected chi connectivity index (χ2v) is 3.55. The van der Waals surface area contributed by atoms with Crippen LogP contribution in [0.15, 0.2) is 18.2 Å². The van der Waals surface area contributed by atoms with Gasteiger partial charge in [-0.3, -0.25) is 0 Å². The number of hydrogen-bond acceptors (Lipinski definition) is 2. The summed E-state index contributed by atoms with van der Waals surface area (Å²) in [4.78, 5) is 0. The van der Waals surface area contributed by atoms with Gasteiger partial charge >= 0.3 is 6.36 Å². The van der Waals surface area contributed by atoms with Gasteiger partial charge in [0.15, 0.2) is 0 Å². The first-order chi connectivity index (χ1) is 6.96. The van der Waals surface area contributed by atoms with Gasteiger partial charge < -0.3 is 10.5 Å². The van der Waals surface area contributed by atoms with E-state index in [0.29, 0.717) is 0 Å². The number of hydrogen-bond donors (Lipinski definition) is 1. The highest BCUT2D eigenvalue weighted by Crippen LogP contribution is 2.33. The summed E-state index contributed by atoms with van der Waals surface area (Å²) >= 11 is 0. The molecule has 2 N–H and O–H groups in total. The molecule has 0 bridgehead atoms. The molecule has 5 heteroatoms. The largest absolute Gasteiger partial charge is 0.573 e. The summed E-state index contributed by atoms with van der Waals surface area (Å²) in [6, 6.07) is 4.17. The minimum absolute atomic E-state index is 0.170. The van der Waals surface area contributed by atoms with Crippen molar-refractivity contribution < 1.29 is 17.9 Å². The highest BCUT2D eigenvalue weighted by Gasteiger charge is 2.31. The van der Waals surface area contributed by atoms with Crippen molar-refractivity contribution in [2.75, 3.05) is 0 Å². The number of fused-ring (bicyclic) bond motifs is 1. The Kier molecular flexibility index (Phi) is 2.34. The third kappa shape index (κ3) is 2.23. The summed E-state index contributed by atoms with van der Waals surface area (Å²) < 4.78 is 39.6. The molecule has 1 aliphatic rings. The van der Waals surface area contributed by atoms with E-state index in [1.165, 1.54) is 12.1 Å². The maximum atomic E-state index is 11.9. The number of aryl methyl sites for hydroxylation is 1. The summed E-state index contributed by atoms with van der Waals surface area (Å²) in [5.41, 5.74) is 7.51. The molecule has 1 aliphatic carbocycles. The molecule has 0 radical (unpaired) electrons. The molecular weight excluding hydrogens is 207 g/mol. The summed E-state index contributed by atoms with van der Waals surface area (Å²) in [5.74, 6) is -0.196. The number of nitrogens with two attached hydrogens (primary N) is 1. The van der Waals surface area contributed by atoms with Gasteiger partial charge in [0.05, 0.1) is 0 Å². The fourth-order valence-electron chi connectivity index (χ4n) is 1.81. The minimum Gasteiger partial charge on any atom is -0.406 e. The average Bonchev–Trinajstić information content (AvgIpc) is 2.45. The van der Waals surface area contributed by atoms with Gasteiger partial charge in [0, 0.05) is 6.04 Å². The standard InChI is InChI=1S/C10H10F3NO/c11-10(12,13)15-7-3-1-6-2-4-9(14)8(6)5-7/h1,3,5,9H,2,4,14H2/t9-/m1/s1. The fourth-order valence-corrected chi connectivity index (χ4v) is 1.81. The third-order valence-corrected chi connectivity index (χ3v) is 2.48. The van der Waals surface area contributed by atoms with Gasteiger partial charge in [0.2, 0.25) is 0 Å². The first-order valence-corrected chi connectivity index (χ1v) is 4.60. The molecule has 1 aromatic carbocycles. The van der Waals surface area contributed by atoms with Gasteiger partial charge in [-0.15, -0.1) is 13.2 Å². The molecule has 0 aliphatic heterocycles. The lowest BCUT2D eigenvalue weighted by atomic mass is 10.1. The highest BCUT2D eigenvalue weighted by atomic mass is 19.4. The summed E-state index contributed by atoms with van der Waals surface area (Å²) in [7, 11) is 0. The smallest absolute Gasteiger partial charge is 0.406 e. The van der Waals surface area contributed by atoms with E-state index in [0.717, 1.165) is 24.0 Å². The van der Waals surface area contributed by atoms with Crippen LogP contribution in [-0.4, -0.2) is 6.36 Å². The molecule has 0 aromatic heterocycles. The Morgan fingerprint density at radius 2 is 2.07 bits per heavy atom. The molecule has 15 heavy (non-hydrogen) atoms. The molecule has 0 spiro atoms. The molecule has 82 valence electrons. The zero-order chi connectivity index (χ0) is 11.1. The van der Waals surface area contributed by atoms with Crippen molar-refractivity contribution >= 4 is 0 Å². The lowest BCUT2D eigenvalue weighted by Crippen LogP contribution is -2.17. The second kappa shape index (κ2) is 3.41. The Bertz CT molecular complexity index is 375. The molecule has 0 saturated heterocycles. The number of rotatable bonds is 1. The Hall–Kier alpha value is -1.23. The maximum Gasteiger partial charge on any atom is 0.573 e. The van der Waals surface area contributed by atoms with Crippen molar-refractivity contribution in [2.24, 2.45) is 5.73 Å². The van der Waals surface area contributed by atoms with Gasteiger partial charge in [-0.05, 0) is 36.1 Å². The summed E-state index contributed by atoms with van der Waals surface area (Å²) in [5, 5.41) is 0. The fraction of sp³-hybridized carbons (Fsp3) is 0.400. The molecule has 0 heterocycles. The topological polar surface area (TPSA) is 35.2 Å². The SMILES string of the molecule is N[C@@H]1CCc2ccc(OC(F)(F)F)cc21. The monoisotopic (exact) mass is 217 g/mol. The van der Waals surface area contributed by atoms with Gasteiger partial charge in [0.1, 0.15) is 5.75 Å². The molecule has 2 nitrogen and oxygen atoms in total. The van der Waals surface area contributed by atoms with Crippen molar-refractivity contribution in [3.05, 3.63) is 29.3 Å². The van der Waals surface area contributed by atoms with E-state index in [1.54, 1.807) is 6.07 Å². The number of ether oxygens (including phenoxy) is 1. The predicted molar refractivity (Wildman–Crippen MR) is 48.4 cm³/mol. The summed E-state index contributed by atoms with van der Waals surface area (Å²) in [6.07, 6.45) is -3.04. The van der Waals surface area contributed by atoms with Crippen LogP contribution in [0.2, 0.25) is 0 Å². The minimum atomic E-state index is -4.64. The van der Waals surface area contributed by atoms with Gasteiger partial charge in [-0.25, -0.2) is 0 Å². The molecular formula is C10H10F3NO. The van der Waals surface area contributed by atoms with Gasteiger partial charge in [-0.2, -0.15) is 0 Å². The third-order valence-electron chi connectivity index (χ3n) is 2.48. The van der Waals surface area contributed by atoms with Crippen molar-refractivity contribution in [2.45, 2.75) is 25.2 Å². The van der Waals surface area contributed by atoms with Gasteiger partial charge in [0.25, 0.3) is 0 Å². The van der Waals surface area contributed by atoms with E-state index in [9.17, 15) is 13.2 Å². The molecule has 2 rings (SSSR count). The van der Waals surface area contributed by atoms with Crippen LogP contribution in [0.3, 0.4) is 0 Å². The van der Waals surface area contributed by atoms with Crippen LogP contribution in [0.4, 0.5) is 13.2 Å². The van der Waals surface area contributed by atoms with Crippen molar-refractivity contribution in [3.8, 4) is 5.75 Å². The number of alkyl halides is 3. The number of halogens is 3. The van der Waals surface area contributed by atoms with Crippen LogP contribution in [0, 0.1) is 0 Å². The van der Waals surface area contributed by atoms with Crippen LogP contribution < -0.4 is 10.5 Å². The molecule has 1 atom stereocenters. The van der Waals surface area contributed by atoms with Crippen LogP contribution in [0.1, 0.15) is 23.6 Å². The Morgan fingerprint density at radius 1 is 1.33 bits per heavy atom. The van der Waals surface area contributed by atoms with E-state index in [2.05, 4.69) is 4.74 Å². The molecule has 0 saturated carbocycles. The first-order valence-electron chi connectivity index (χ1n) is 4.60. The lowest BCUT2D eigenvalue weighted by molar-refractivity contribution is -0.274. The van der Waals surface area contributed by atoms with E-state index in [-0.39, 0.29) is 11.8 Å². The van der Waals surface area contributed by atoms with Crippen molar-refractivity contribution in [1.29, 1.82) is 0 Å². The normalized spacial score (nSPS) is 20.1. The van der Waals surface area contributed by atoms with Crippen LogP contribution in [0.5, 0.6) is 5.75 Å². The Morgan fingerprint density at radius 3 is 2.73 bits per heavy atom. The van der Waals surface area contributed by atoms with E-state index < -0.39 is 6.36 Å². The second-order valence-electron chi connectivity index (χ2n) is 3.55. The predicted octanol–water partition coefficient (Wildman–Crippen LogP) is 2.53.